The Kier molecular flexibility index (Phi) is 2.69. The Morgan fingerprint density at radius 2 is 1.87 bits per heavy atom. The molecule has 0 amide bonds. The Hall–Kier alpha value is -0.670. The second kappa shape index (κ2) is 3.72. The predicted molar refractivity (Wildman–Crippen MR) is 63.8 cm³/mol. The fourth-order valence-electron chi connectivity index (χ4n) is 1.61. The van der Waals surface area contributed by atoms with Gasteiger partial charge in [0.25, 0.3) is 0 Å². The van der Waals surface area contributed by atoms with E-state index in [0.717, 1.165) is 6.54 Å². The quantitative estimate of drug-likeness (QED) is 0.705. The second-order valence-corrected chi connectivity index (χ2v) is 7.08. The largest absolute Gasteiger partial charge is 0.242 e. The zero-order valence-electron chi connectivity index (χ0n) is 9.43. The van der Waals surface area contributed by atoms with Crippen LogP contribution in [-0.4, -0.2) is 19.8 Å². The molecule has 1 aliphatic rings. The molecule has 1 unspecified atom stereocenters. The SMILES string of the molecule is CC(C)(C)[S@@](=O)N1C[C@@H]1c1ccccc1. The summed E-state index contributed by atoms with van der Waals surface area (Å²) in [4.78, 5) is 0. The van der Waals surface area contributed by atoms with Gasteiger partial charge < -0.3 is 0 Å². The molecule has 0 aliphatic carbocycles. The molecule has 0 saturated carbocycles. The fourth-order valence-corrected chi connectivity index (χ4v) is 2.94. The highest BCUT2D eigenvalue weighted by Gasteiger charge is 2.43. The Morgan fingerprint density at radius 3 is 2.40 bits per heavy atom. The van der Waals surface area contributed by atoms with Crippen LogP contribution in [0.2, 0.25) is 0 Å². The lowest BCUT2D eigenvalue weighted by Crippen LogP contribution is -2.27. The third-order valence-corrected chi connectivity index (χ3v) is 4.37. The lowest BCUT2D eigenvalue weighted by Gasteiger charge is -2.18. The predicted octanol–water partition coefficient (Wildman–Crippen LogP) is 2.51. The fraction of sp³-hybridized carbons (Fsp3) is 0.500. The van der Waals surface area contributed by atoms with Crippen LogP contribution in [0.4, 0.5) is 0 Å². The molecule has 1 aliphatic heterocycles. The molecule has 1 aromatic rings. The van der Waals surface area contributed by atoms with E-state index in [9.17, 15) is 4.21 Å². The number of hydrogen-bond acceptors (Lipinski definition) is 1. The molecule has 2 nitrogen and oxygen atoms in total. The molecular formula is C12H17NOS. The molecule has 3 heteroatoms. The average molecular weight is 223 g/mol. The normalized spacial score (nSPS) is 27.4. The van der Waals surface area contributed by atoms with Gasteiger partial charge in [0.05, 0.1) is 10.8 Å². The van der Waals surface area contributed by atoms with Crippen molar-refractivity contribution in [2.75, 3.05) is 6.54 Å². The van der Waals surface area contributed by atoms with Crippen molar-refractivity contribution in [2.24, 2.45) is 0 Å². The highest BCUT2D eigenvalue weighted by atomic mass is 32.2. The Bertz CT molecular complexity index is 369. The summed E-state index contributed by atoms with van der Waals surface area (Å²) in [5.41, 5.74) is 1.27. The Morgan fingerprint density at radius 1 is 1.27 bits per heavy atom. The van der Waals surface area contributed by atoms with E-state index in [0.29, 0.717) is 6.04 Å². The van der Waals surface area contributed by atoms with Crippen molar-refractivity contribution >= 4 is 11.0 Å². The summed E-state index contributed by atoms with van der Waals surface area (Å²) < 4.78 is 13.9. The van der Waals surface area contributed by atoms with Crippen molar-refractivity contribution in [3.8, 4) is 0 Å². The molecule has 3 atom stereocenters. The first-order chi connectivity index (χ1) is 7.00. The third-order valence-electron chi connectivity index (χ3n) is 2.49. The van der Waals surface area contributed by atoms with E-state index in [2.05, 4.69) is 16.4 Å². The first-order valence-corrected chi connectivity index (χ1v) is 6.34. The molecule has 0 aromatic heterocycles. The van der Waals surface area contributed by atoms with Gasteiger partial charge in [0.1, 0.15) is 11.0 Å². The van der Waals surface area contributed by atoms with Gasteiger partial charge in [0, 0.05) is 6.54 Å². The van der Waals surface area contributed by atoms with Crippen LogP contribution in [0, 0.1) is 0 Å². The van der Waals surface area contributed by atoms with Crippen LogP contribution in [0.25, 0.3) is 0 Å². The van der Waals surface area contributed by atoms with E-state index in [1.54, 1.807) is 0 Å². The van der Waals surface area contributed by atoms with E-state index in [-0.39, 0.29) is 4.75 Å². The van der Waals surface area contributed by atoms with Crippen LogP contribution >= 0.6 is 0 Å². The summed E-state index contributed by atoms with van der Waals surface area (Å²) in [5, 5.41) is 0. The third kappa shape index (κ3) is 2.29. The number of benzene rings is 1. The van der Waals surface area contributed by atoms with Crippen molar-refractivity contribution < 1.29 is 4.21 Å². The molecule has 1 heterocycles. The van der Waals surface area contributed by atoms with E-state index < -0.39 is 11.0 Å². The minimum absolute atomic E-state index is 0.149. The molecule has 15 heavy (non-hydrogen) atoms. The molecule has 2 rings (SSSR count). The monoisotopic (exact) mass is 223 g/mol. The van der Waals surface area contributed by atoms with Crippen molar-refractivity contribution in [2.45, 2.75) is 31.6 Å². The summed E-state index contributed by atoms with van der Waals surface area (Å²) in [6.45, 7) is 6.98. The maximum atomic E-state index is 12.0. The van der Waals surface area contributed by atoms with Gasteiger partial charge in [-0.3, -0.25) is 0 Å². The lowest BCUT2D eigenvalue weighted by atomic mass is 10.2. The van der Waals surface area contributed by atoms with Crippen LogP contribution in [0.5, 0.6) is 0 Å². The van der Waals surface area contributed by atoms with Gasteiger partial charge >= 0.3 is 0 Å². The maximum Gasteiger partial charge on any atom is 0.100 e. The first kappa shape index (κ1) is 10.8. The molecule has 82 valence electrons. The molecule has 1 saturated heterocycles. The van der Waals surface area contributed by atoms with Crippen molar-refractivity contribution in [3.05, 3.63) is 35.9 Å². The second-order valence-electron chi connectivity index (χ2n) is 4.89. The van der Waals surface area contributed by atoms with Crippen molar-refractivity contribution in [1.29, 1.82) is 0 Å². The van der Waals surface area contributed by atoms with Gasteiger partial charge in [0.2, 0.25) is 0 Å². The maximum absolute atomic E-state index is 12.0. The van der Waals surface area contributed by atoms with Crippen LogP contribution in [0.3, 0.4) is 0 Å². The molecule has 1 aromatic carbocycles. The zero-order chi connectivity index (χ0) is 11.1. The zero-order valence-corrected chi connectivity index (χ0v) is 10.3. The average Bonchev–Trinajstić information content (AvgIpc) is 2.96. The molecule has 1 fully saturated rings. The van der Waals surface area contributed by atoms with Crippen LogP contribution in [-0.2, 0) is 11.0 Å². The number of hydrogen-bond donors (Lipinski definition) is 0. The standard InChI is InChI=1S/C12H17NOS/c1-12(2,3)15(14)13-9-11(13)10-7-5-4-6-8-10/h4-8,11H,9H2,1-3H3/t11-,13?,15-/m1/s1. The summed E-state index contributed by atoms with van der Waals surface area (Å²) in [6, 6.07) is 10.6. The van der Waals surface area contributed by atoms with Gasteiger partial charge in [-0.05, 0) is 26.3 Å². The van der Waals surface area contributed by atoms with Gasteiger partial charge in [-0.25, -0.2) is 8.51 Å². The first-order valence-electron chi connectivity index (χ1n) is 5.24. The summed E-state index contributed by atoms with van der Waals surface area (Å²) in [7, 11) is -0.875. The molecule has 0 spiro atoms. The molecular weight excluding hydrogens is 206 g/mol. The van der Waals surface area contributed by atoms with E-state index in [1.165, 1.54) is 5.56 Å². The Balaban J connectivity index is 2.06. The lowest BCUT2D eigenvalue weighted by molar-refractivity contribution is 0.607. The minimum Gasteiger partial charge on any atom is -0.242 e. The van der Waals surface area contributed by atoms with Crippen LogP contribution in [0.15, 0.2) is 30.3 Å². The van der Waals surface area contributed by atoms with Gasteiger partial charge in [-0.2, -0.15) is 0 Å². The summed E-state index contributed by atoms with van der Waals surface area (Å²) >= 11 is 0. The highest BCUT2D eigenvalue weighted by Crippen LogP contribution is 2.39. The van der Waals surface area contributed by atoms with Gasteiger partial charge in [0.15, 0.2) is 0 Å². The van der Waals surface area contributed by atoms with Crippen LogP contribution < -0.4 is 0 Å². The van der Waals surface area contributed by atoms with E-state index in [4.69, 9.17) is 0 Å². The molecule has 0 radical (unpaired) electrons. The smallest absolute Gasteiger partial charge is 0.100 e. The Labute approximate surface area is 93.9 Å². The van der Waals surface area contributed by atoms with Gasteiger partial charge in [-0.1, -0.05) is 30.3 Å². The van der Waals surface area contributed by atoms with E-state index >= 15 is 0 Å². The minimum atomic E-state index is -0.875. The topological polar surface area (TPSA) is 20.1 Å². The highest BCUT2D eigenvalue weighted by molar-refractivity contribution is 7.84. The van der Waals surface area contributed by atoms with E-state index in [1.807, 2.05) is 39.0 Å². The van der Waals surface area contributed by atoms with Crippen molar-refractivity contribution in [1.82, 2.24) is 4.31 Å². The van der Waals surface area contributed by atoms with Gasteiger partial charge in [-0.15, -0.1) is 0 Å². The molecule has 0 N–H and O–H groups in total. The summed E-state index contributed by atoms with van der Waals surface area (Å²) in [5.74, 6) is 0. The molecule has 0 bridgehead atoms. The summed E-state index contributed by atoms with van der Waals surface area (Å²) in [6.07, 6.45) is 0. The number of nitrogens with zero attached hydrogens (tertiary/aromatic N) is 1. The van der Waals surface area contributed by atoms with Crippen LogP contribution in [0.1, 0.15) is 32.4 Å². The number of rotatable bonds is 2. The van der Waals surface area contributed by atoms with Crippen molar-refractivity contribution in [3.63, 3.8) is 0 Å².